The van der Waals surface area contributed by atoms with Gasteiger partial charge in [-0.05, 0) is 31.0 Å². The van der Waals surface area contributed by atoms with Crippen molar-refractivity contribution in [3.8, 4) is 11.1 Å². The van der Waals surface area contributed by atoms with E-state index >= 15 is 0 Å². The molecule has 1 fully saturated rings. The van der Waals surface area contributed by atoms with Crippen molar-refractivity contribution in [3.05, 3.63) is 47.3 Å². The highest BCUT2D eigenvalue weighted by molar-refractivity contribution is 5.88. The lowest BCUT2D eigenvalue weighted by atomic mass is 10.0. The number of morpholine rings is 1. The van der Waals surface area contributed by atoms with Crippen molar-refractivity contribution < 1.29 is 14.6 Å². The second-order valence-electron chi connectivity index (χ2n) is 5.97. The summed E-state index contributed by atoms with van der Waals surface area (Å²) in [6, 6.07) is 10.4. The molecule has 2 N–H and O–H groups in total. The van der Waals surface area contributed by atoms with Crippen molar-refractivity contribution in [1.29, 1.82) is 0 Å². The molecular formula is C18H22N2O3. The predicted octanol–water partition coefficient (Wildman–Crippen LogP) is 3.08. The molecule has 0 bridgehead atoms. The standard InChI is InChI=1S/C18H22N2O3/c1-12-16(11-17(19-12)18(21)22)15-5-3-14(4-6-15)13(2)20-7-9-23-10-8-20/h3-6,11,13,19H,7-10H2,1-2H3,(H,21,22). The first-order valence-electron chi connectivity index (χ1n) is 7.91. The highest BCUT2D eigenvalue weighted by atomic mass is 16.5. The summed E-state index contributed by atoms with van der Waals surface area (Å²) in [6.45, 7) is 7.62. The Bertz CT molecular complexity index is 685. The Kier molecular flexibility index (Phi) is 4.50. The number of carboxylic acid groups (broad SMARTS) is 1. The number of hydrogen-bond acceptors (Lipinski definition) is 3. The summed E-state index contributed by atoms with van der Waals surface area (Å²) < 4.78 is 5.40. The molecule has 0 amide bonds. The summed E-state index contributed by atoms with van der Waals surface area (Å²) in [5.41, 5.74) is 4.33. The molecule has 0 aliphatic carbocycles. The van der Waals surface area contributed by atoms with E-state index in [0.717, 1.165) is 43.1 Å². The van der Waals surface area contributed by atoms with Crippen molar-refractivity contribution in [2.75, 3.05) is 26.3 Å². The van der Waals surface area contributed by atoms with Crippen LogP contribution in [0.2, 0.25) is 0 Å². The van der Waals surface area contributed by atoms with E-state index in [4.69, 9.17) is 9.84 Å². The Labute approximate surface area is 135 Å². The van der Waals surface area contributed by atoms with Crippen molar-refractivity contribution >= 4 is 5.97 Å². The predicted molar refractivity (Wildman–Crippen MR) is 88.7 cm³/mol. The van der Waals surface area contributed by atoms with E-state index in [2.05, 4.69) is 41.1 Å². The Morgan fingerprint density at radius 2 is 1.91 bits per heavy atom. The van der Waals surface area contributed by atoms with E-state index in [1.165, 1.54) is 5.56 Å². The Morgan fingerprint density at radius 1 is 1.26 bits per heavy atom. The molecule has 1 atom stereocenters. The van der Waals surface area contributed by atoms with E-state index in [1.54, 1.807) is 6.07 Å². The molecule has 1 unspecified atom stereocenters. The molecule has 3 rings (SSSR count). The average Bonchev–Trinajstić information content (AvgIpc) is 2.97. The van der Waals surface area contributed by atoms with Crippen LogP contribution in [0.25, 0.3) is 11.1 Å². The number of aromatic amines is 1. The monoisotopic (exact) mass is 314 g/mol. The topological polar surface area (TPSA) is 65.6 Å². The van der Waals surface area contributed by atoms with E-state index in [-0.39, 0.29) is 5.69 Å². The minimum absolute atomic E-state index is 0.225. The van der Waals surface area contributed by atoms with Crippen molar-refractivity contribution in [3.63, 3.8) is 0 Å². The molecule has 0 saturated carbocycles. The third-order valence-corrected chi connectivity index (χ3v) is 4.54. The van der Waals surface area contributed by atoms with Gasteiger partial charge in [0.1, 0.15) is 5.69 Å². The van der Waals surface area contributed by atoms with Crippen LogP contribution in [0.3, 0.4) is 0 Å². The second-order valence-corrected chi connectivity index (χ2v) is 5.97. The number of nitrogens with one attached hydrogen (secondary N) is 1. The Balaban J connectivity index is 1.80. The number of ether oxygens (including phenoxy) is 1. The number of nitrogens with zero attached hydrogens (tertiary/aromatic N) is 1. The van der Waals surface area contributed by atoms with E-state index in [1.807, 2.05) is 6.92 Å². The van der Waals surface area contributed by atoms with Gasteiger partial charge in [0, 0.05) is 30.4 Å². The lowest BCUT2D eigenvalue weighted by Gasteiger charge is -2.32. The summed E-state index contributed by atoms with van der Waals surface area (Å²) in [5.74, 6) is -0.933. The minimum atomic E-state index is -0.933. The number of rotatable bonds is 4. The molecule has 0 radical (unpaired) electrons. The molecule has 1 aromatic carbocycles. The Hall–Kier alpha value is -2.11. The van der Waals surface area contributed by atoms with Gasteiger partial charge in [-0.3, -0.25) is 4.90 Å². The summed E-state index contributed by atoms with van der Waals surface area (Å²) >= 11 is 0. The van der Waals surface area contributed by atoms with Crippen LogP contribution < -0.4 is 0 Å². The van der Waals surface area contributed by atoms with Gasteiger partial charge in [-0.1, -0.05) is 24.3 Å². The van der Waals surface area contributed by atoms with Crippen LogP contribution in [0, 0.1) is 6.92 Å². The first-order valence-corrected chi connectivity index (χ1v) is 7.91. The van der Waals surface area contributed by atoms with Gasteiger partial charge in [-0.15, -0.1) is 0 Å². The number of benzene rings is 1. The average molecular weight is 314 g/mol. The highest BCUT2D eigenvalue weighted by Crippen LogP contribution is 2.28. The molecule has 0 spiro atoms. The summed E-state index contributed by atoms with van der Waals surface area (Å²) in [5, 5.41) is 9.08. The van der Waals surface area contributed by atoms with Crippen molar-refractivity contribution in [2.24, 2.45) is 0 Å². The van der Waals surface area contributed by atoms with Crippen LogP contribution in [0.15, 0.2) is 30.3 Å². The molecule has 1 aromatic heterocycles. The summed E-state index contributed by atoms with van der Waals surface area (Å²) in [6.07, 6.45) is 0. The zero-order chi connectivity index (χ0) is 16.4. The van der Waals surface area contributed by atoms with Gasteiger partial charge >= 0.3 is 5.97 Å². The molecule has 2 aromatic rings. The van der Waals surface area contributed by atoms with Gasteiger partial charge in [0.05, 0.1) is 13.2 Å². The fourth-order valence-corrected chi connectivity index (χ4v) is 3.09. The van der Waals surface area contributed by atoms with Crippen LogP contribution in [0.4, 0.5) is 0 Å². The highest BCUT2D eigenvalue weighted by Gasteiger charge is 2.18. The molecule has 1 saturated heterocycles. The molecular weight excluding hydrogens is 292 g/mol. The van der Waals surface area contributed by atoms with Crippen molar-refractivity contribution in [1.82, 2.24) is 9.88 Å². The van der Waals surface area contributed by atoms with Gasteiger partial charge in [-0.2, -0.15) is 0 Å². The lowest BCUT2D eigenvalue weighted by Crippen LogP contribution is -2.37. The fourth-order valence-electron chi connectivity index (χ4n) is 3.09. The number of aromatic nitrogens is 1. The van der Waals surface area contributed by atoms with Crippen LogP contribution in [0.1, 0.15) is 34.7 Å². The van der Waals surface area contributed by atoms with Crippen LogP contribution in [0.5, 0.6) is 0 Å². The van der Waals surface area contributed by atoms with Gasteiger partial charge in [0.25, 0.3) is 0 Å². The van der Waals surface area contributed by atoms with Gasteiger partial charge < -0.3 is 14.8 Å². The second kappa shape index (κ2) is 6.56. The van der Waals surface area contributed by atoms with Gasteiger partial charge in [0.15, 0.2) is 0 Å². The molecule has 23 heavy (non-hydrogen) atoms. The number of aryl methyl sites for hydroxylation is 1. The largest absolute Gasteiger partial charge is 0.477 e. The molecule has 122 valence electrons. The molecule has 2 heterocycles. The zero-order valence-corrected chi connectivity index (χ0v) is 13.5. The van der Waals surface area contributed by atoms with Gasteiger partial charge in [0.2, 0.25) is 0 Å². The maximum absolute atomic E-state index is 11.1. The number of carbonyl (C=O) groups is 1. The summed E-state index contributed by atoms with van der Waals surface area (Å²) in [4.78, 5) is 16.4. The lowest BCUT2D eigenvalue weighted by molar-refractivity contribution is 0.0198. The quantitative estimate of drug-likeness (QED) is 0.910. The maximum atomic E-state index is 11.1. The smallest absolute Gasteiger partial charge is 0.352 e. The van der Waals surface area contributed by atoms with E-state index in [0.29, 0.717) is 6.04 Å². The third-order valence-electron chi connectivity index (χ3n) is 4.54. The third kappa shape index (κ3) is 3.30. The molecule has 5 nitrogen and oxygen atoms in total. The molecule has 5 heteroatoms. The van der Waals surface area contributed by atoms with Crippen LogP contribution >= 0.6 is 0 Å². The van der Waals surface area contributed by atoms with Crippen LogP contribution in [-0.2, 0) is 4.74 Å². The minimum Gasteiger partial charge on any atom is -0.477 e. The molecule has 1 aliphatic heterocycles. The van der Waals surface area contributed by atoms with Crippen LogP contribution in [-0.4, -0.2) is 47.3 Å². The van der Waals surface area contributed by atoms with Crippen molar-refractivity contribution in [2.45, 2.75) is 19.9 Å². The maximum Gasteiger partial charge on any atom is 0.352 e. The Morgan fingerprint density at radius 3 is 2.48 bits per heavy atom. The zero-order valence-electron chi connectivity index (χ0n) is 13.5. The van der Waals surface area contributed by atoms with Gasteiger partial charge in [-0.25, -0.2) is 4.79 Å². The summed E-state index contributed by atoms with van der Waals surface area (Å²) in [7, 11) is 0. The first-order chi connectivity index (χ1) is 11.1. The number of hydrogen-bond donors (Lipinski definition) is 2. The van der Waals surface area contributed by atoms with E-state index < -0.39 is 5.97 Å². The number of carboxylic acids is 1. The number of H-pyrrole nitrogens is 1. The van der Waals surface area contributed by atoms with E-state index in [9.17, 15) is 4.79 Å². The first kappa shape index (κ1) is 15.8. The molecule has 1 aliphatic rings. The number of aromatic carboxylic acids is 1. The fraction of sp³-hybridized carbons (Fsp3) is 0.389. The SMILES string of the molecule is Cc1[nH]c(C(=O)O)cc1-c1ccc(C(C)N2CCOCC2)cc1. The normalized spacial score (nSPS) is 17.1.